The minimum Gasteiger partial charge on any atom is -0.266 e. The van der Waals surface area contributed by atoms with E-state index in [9.17, 15) is 4.39 Å². The SMILES string of the molecule is Cn1ncc2c(F)ccc(Cl)c21. The van der Waals surface area contributed by atoms with E-state index in [1.807, 2.05) is 0 Å². The van der Waals surface area contributed by atoms with Crippen LogP contribution < -0.4 is 0 Å². The molecule has 4 heteroatoms. The van der Waals surface area contributed by atoms with E-state index in [1.165, 1.54) is 18.3 Å². The molecule has 0 bridgehead atoms. The standard InChI is InChI=1S/C8H6ClFN2/c1-12-8-5(4-11-12)7(10)3-2-6(8)9/h2-4H,1H3. The second-order valence-electron chi connectivity index (χ2n) is 2.56. The highest BCUT2D eigenvalue weighted by atomic mass is 35.5. The van der Waals surface area contributed by atoms with Crippen molar-refractivity contribution in [1.82, 2.24) is 9.78 Å². The van der Waals surface area contributed by atoms with Crippen molar-refractivity contribution in [1.29, 1.82) is 0 Å². The number of rotatable bonds is 0. The zero-order valence-electron chi connectivity index (χ0n) is 6.38. The zero-order chi connectivity index (χ0) is 8.72. The second-order valence-corrected chi connectivity index (χ2v) is 2.97. The van der Waals surface area contributed by atoms with Gasteiger partial charge in [-0.05, 0) is 12.1 Å². The van der Waals surface area contributed by atoms with Gasteiger partial charge in [0.1, 0.15) is 5.82 Å². The molecule has 0 saturated carbocycles. The third-order valence-corrected chi connectivity index (χ3v) is 2.10. The van der Waals surface area contributed by atoms with Gasteiger partial charge >= 0.3 is 0 Å². The van der Waals surface area contributed by atoms with Crippen molar-refractivity contribution in [2.45, 2.75) is 0 Å². The number of aryl methyl sites for hydroxylation is 1. The van der Waals surface area contributed by atoms with Gasteiger partial charge in [-0.3, -0.25) is 4.68 Å². The maximum Gasteiger partial charge on any atom is 0.134 e. The molecule has 0 aliphatic carbocycles. The van der Waals surface area contributed by atoms with E-state index in [-0.39, 0.29) is 5.82 Å². The molecular weight excluding hydrogens is 179 g/mol. The fraction of sp³-hybridized carbons (Fsp3) is 0.125. The van der Waals surface area contributed by atoms with Crippen LogP contribution in [-0.2, 0) is 7.05 Å². The van der Waals surface area contributed by atoms with Crippen molar-refractivity contribution < 1.29 is 4.39 Å². The topological polar surface area (TPSA) is 17.8 Å². The number of hydrogen-bond donors (Lipinski definition) is 0. The Bertz CT molecular complexity index is 436. The summed E-state index contributed by atoms with van der Waals surface area (Å²) in [5.74, 6) is -0.289. The highest BCUT2D eigenvalue weighted by Crippen LogP contribution is 2.24. The predicted octanol–water partition coefficient (Wildman–Crippen LogP) is 2.37. The lowest BCUT2D eigenvalue weighted by molar-refractivity contribution is 0.640. The van der Waals surface area contributed by atoms with Gasteiger partial charge in [0, 0.05) is 7.05 Å². The van der Waals surface area contributed by atoms with Crippen molar-refractivity contribution in [3.8, 4) is 0 Å². The maximum absolute atomic E-state index is 13.1. The molecule has 0 aliphatic rings. The van der Waals surface area contributed by atoms with Crippen LogP contribution in [0.25, 0.3) is 10.9 Å². The van der Waals surface area contributed by atoms with Crippen molar-refractivity contribution in [3.05, 3.63) is 29.2 Å². The Hall–Kier alpha value is -1.09. The van der Waals surface area contributed by atoms with Crippen LogP contribution in [0.5, 0.6) is 0 Å². The van der Waals surface area contributed by atoms with Gasteiger partial charge in [0.05, 0.1) is 22.1 Å². The Kier molecular flexibility index (Phi) is 1.54. The van der Waals surface area contributed by atoms with Crippen LogP contribution in [0.1, 0.15) is 0 Å². The lowest BCUT2D eigenvalue weighted by Gasteiger charge is -1.97. The minimum atomic E-state index is -0.289. The van der Waals surface area contributed by atoms with Crippen molar-refractivity contribution in [2.75, 3.05) is 0 Å². The summed E-state index contributed by atoms with van der Waals surface area (Å²) in [7, 11) is 1.73. The third kappa shape index (κ3) is 0.898. The molecule has 2 nitrogen and oxygen atoms in total. The molecule has 0 spiro atoms. The van der Waals surface area contributed by atoms with E-state index in [0.29, 0.717) is 15.9 Å². The molecule has 0 atom stereocenters. The molecule has 0 aliphatic heterocycles. The Morgan fingerprint density at radius 2 is 2.25 bits per heavy atom. The van der Waals surface area contributed by atoms with Gasteiger partial charge in [-0.25, -0.2) is 4.39 Å². The van der Waals surface area contributed by atoms with E-state index in [1.54, 1.807) is 11.7 Å². The van der Waals surface area contributed by atoms with Crippen LogP contribution in [-0.4, -0.2) is 9.78 Å². The average molecular weight is 185 g/mol. The van der Waals surface area contributed by atoms with Crippen LogP contribution in [0.2, 0.25) is 5.02 Å². The summed E-state index contributed by atoms with van der Waals surface area (Å²) in [5, 5.41) is 4.89. The highest BCUT2D eigenvalue weighted by Gasteiger charge is 2.07. The summed E-state index contributed by atoms with van der Waals surface area (Å²) in [6, 6.07) is 2.87. The highest BCUT2D eigenvalue weighted by molar-refractivity contribution is 6.35. The summed E-state index contributed by atoms with van der Waals surface area (Å²) in [6.45, 7) is 0. The van der Waals surface area contributed by atoms with Gasteiger partial charge < -0.3 is 0 Å². The predicted molar refractivity (Wildman–Crippen MR) is 45.7 cm³/mol. The van der Waals surface area contributed by atoms with Crippen LogP contribution in [0, 0.1) is 5.82 Å². The molecule has 0 unspecified atom stereocenters. The number of nitrogens with zero attached hydrogens (tertiary/aromatic N) is 2. The summed E-state index contributed by atoms with van der Waals surface area (Å²) < 4.78 is 14.6. The zero-order valence-corrected chi connectivity index (χ0v) is 7.14. The molecular formula is C8H6ClFN2. The Balaban J connectivity index is 2.98. The fourth-order valence-electron chi connectivity index (χ4n) is 1.21. The third-order valence-electron chi connectivity index (χ3n) is 1.80. The first-order chi connectivity index (χ1) is 5.70. The first-order valence-corrected chi connectivity index (χ1v) is 3.83. The maximum atomic E-state index is 13.1. The lowest BCUT2D eigenvalue weighted by Crippen LogP contribution is -1.89. The van der Waals surface area contributed by atoms with Crippen LogP contribution >= 0.6 is 11.6 Å². The van der Waals surface area contributed by atoms with Crippen molar-refractivity contribution in [3.63, 3.8) is 0 Å². The smallest absolute Gasteiger partial charge is 0.134 e. The Morgan fingerprint density at radius 1 is 1.50 bits per heavy atom. The summed E-state index contributed by atoms with van der Waals surface area (Å²) in [4.78, 5) is 0. The molecule has 1 heterocycles. The molecule has 0 amide bonds. The fourth-order valence-corrected chi connectivity index (χ4v) is 1.50. The van der Waals surface area contributed by atoms with Gasteiger partial charge in [-0.2, -0.15) is 5.10 Å². The molecule has 0 radical (unpaired) electrons. The van der Waals surface area contributed by atoms with E-state index < -0.39 is 0 Å². The molecule has 2 rings (SSSR count). The van der Waals surface area contributed by atoms with Crippen molar-refractivity contribution in [2.24, 2.45) is 7.05 Å². The van der Waals surface area contributed by atoms with E-state index >= 15 is 0 Å². The first kappa shape index (κ1) is 7.55. The number of hydrogen-bond acceptors (Lipinski definition) is 1. The normalized spacial score (nSPS) is 10.9. The second kappa shape index (κ2) is 2.45. The largest absolute Gasteiger partial charge is 0.266 e. The molecule has 0 saturated heterocycles. The molecule has 1 aromatic heterocycles. The molecule has 2 aromatic rings. The monoisotopic (exact) mass is 184 g/mol. The number of fused-ring (bicyclic) bond motifs is 1. The minimum absolute atomic E-state index is 0.289. The molecule has 1 aromatic carbocycles. The summed E-state index contributed by atoms with van der Waals surface area (Å²) in [6.07, 6.45) is 1.47. The van der Waals surface area contributed by atoms with Crippen LogP contribution in [0.3, 0.4) is 0 Å². The number of benzene rings is 1. The van der Waals surface area contributed by atoms with Crippen LogP contribution in [0.4, 0.5) is 4.39 Å². The lowest BCUT2D eigenvalue weighted by atomic mass is 10.2. The van der Waals surface area contributed by atoms with E-state index in [0.717, 1.165) is 0 Å². The molecule has 62 valence electrons. The van der Waals surface area contributed by atoms with Crippen LogP contribution in [0.15, 0.2) is 18.3 Å². The molecule has 12 heavy (non-hydrogen) atoms. The molecule has 0 fully saturated rings. The summed E-state index contributed by atoms with van der Waals surface area (Å²) in [5.41, 5.74) is 0.636. The van der Waals surface area contributed by atoms with Gasteiger partial charge in [0.2, 0.25) is 0 Å². The summed E-state index contributed by atoms with van der Waals surface area (Å²) >= 11 is 5.85. The Labute approximate surface area is 73.6 Å². The van der Waals surface area contributed by atoms with Gasteiger partial charge in [0.25, 0.3) is 0 Å². The Morgan fingerprint density at radius 3 is 2.92 bits per heavy atom. The van der Waals surface area contributed by atoms with Gasteiger partial charge in [0.15, 0.2) is 0 Å². The van der Waals surface area contributed by atoms with E-state index in [2.05, 4.69) is 5.10 Å². The van der Waals surface area contributed by atoms with E-state index in [4.69, 9.17) is 11.6 Å². The quantitative estimate of drug-likeness (QED) is 0.615. The van der Waals surface area contributed by atoms with Gasteiger partial charge in [-0.15, -0.1) is 0 Å². The number of aromatic nitrogens is 2. The van der Waals surface area contributed by atoms with Gasteiger partial charge in [-0.1, -0.05) is 11.6 Å². The number of halogens is 2. The first-order valence-electron chi connectivity index (χ1n) is 3.46. The van der Waals surface area contributed by atoms with Crippen molar-refractivity contribution >= 4 is 22.5 Å². The average Bonchev–Trinajstić information content (AvgIpc) is 2.42. The molecule has 0 N–H and O–H groups in total.